The summed E-state index contributed by atoms with van der Waals surface area (Å²) in [6.45, 7) is 8.59. The highest BCUT2D eigenvalue weighted by atomic mass is 16.1. The molecule has 3 nitrogen and oxygen atoms in total. The first kappa shape index (κ1) is 20.0. The van der Waals surface area contributed by atoms with Gasteiger partial charge in [0.05, 0.1) is 11.1 Å². The number of amides is 1. The van der Waals surface area contributed by atoms with Crippen molar-refractivity contribution in [2.24, 2.45) is 5.73 Å². The Morgan fingerprint density at radius 2 is 1.88 bits per heavy atom. The zero-order valence-electron chi connectivity index (χ0n) is 16.6. The van der Waals surface area contributed by atoms with E-state index in [1.54, 1.807) is 0 Å². The van der Waals surface area contributed by atoms with E-state index in [-0.39, 0.29) is 5.91 Å². The Morgan fingerprint density at radius 3 is 2.42 bits per heavy atom. The van der Waals surface area contributed by atoms with Crippen LogP contribution in [0.25, 0.3) is 16.5 Å². The van der Waals surface area contributed by atoms with Gasteiger partial charge in [-0.15, -0.1) is 0 Å². The van der Waals surface area contributed by atoms with Crippen molar-refractivity contribution in [3.63, 3.8) is 0 Å². The van der Waals surface area contributed by atoms with Crippen molar-refractivity contribution in [1.29, 1.82) is 0 Å². The number of fused-ring (bicyclic) bond motifs is 1. The summed E-state index contributed by atoms with van der Waals surface area (Å²) in [5.74, 6) is 0.124. The molecular formula is C23H32N2O. The van der Waals surface area contributed by atoms with E-state index in [2.05, 4.69) is 50.2 Å². The highest BCUT2D eigenvalue weighted by molar-refractivity contribution is 6.07. The number of aromatic amines is 1. The quantitative estimate of drug-likeness (QED) is 0.510. The summed E-state index contributed by atoms with van der Waals surface area (Å²) in [7, 11) is 0. The van der Waals surface area contributed by atoms with Gasteiger partial charge in [0.25, 0.3) is 5.91 Å². The largest absolute Gasteiger partial charge is 0.366 e. The fourth-order valence-corrected chi connectivity index (χ4v) is 3.79. The van der Waals surface area contributed by atoms with Gasteiger partial charge in [0.2, 0.25) is 0 Å². The molecule has 0 fully saturated rings. The zero-order chi connectivity index (χ0) is 19.1. The lowest BCUT2D eigenvalue weighted by Crippen LogP contribution is -2.12. The topological polar surface area (TPSA) is 58.9 Å². The zero-order valence-corrected chi connectivity index (χ0v) is 16.6. The molecule has 140 valence electrons. The van der Waals surface area contributed by atoms with Crippen LogP contribution in [-0.4, -0.2) is 10.9 Å². The van der Waals surface area contributed by atoms with E-state index in [1.807, 2.05) is 19.1 Å². The number of hydrogen-bond donors (Lipinski definition) is 2. The number of benzene rings is 1. The predicted molar refractivity (Wildman–Crippen MR) is 112 cm³/mol. The lowest BCUT2D eigenvalue weighted by molar-refractivity contribution is 0.100. The SMILES string of the molecule is C/C=C\C(=C/CC)c1cc(C(N)=O)c2[nH]cc(C(CCC)CCC)c2c1. The van der Waals surface area contributed by atoms with Crippen LogP contribution in [0.15, 0.2) is 36.6 Å². The highest BCUT2D eigenvalue weighted by Gasteiger charge is 2.19. The number of rotatable bonds is 9. The average molecular weight is 353 g/mol. The first-order valence-corrected chi connectivity index (χ1v) is 9.85. The van der Waals surface area contributed by atoms with Crippen molar-refractivity contribution in [3.05, 3.63) is 53.2 Å². The van der Waals surface area contributed by atoms with Crippen LogP contribution in [0.1, 0.15) is 87.2 Å². The molecule has 1 aromatic heterocycles. The third-order valence-electron chi connectivity index (χ3n) is 4.90. The van der Waals surface area contributed by atoms with Crippen LogP contribution < -0.4 is 5.73 Å². The van der Waals surface area contributed by atoms with Gasteiger partial charge in [-0.2, -0.15) is 0 Å². The molecule has 0 spiro atoms. The molecule has 0 aliphatic heterocycles. The Morgan fingerprint density at radius 1 is 1.19 bits per heavy atom. The normalized spacial score (nSPS) is 12.6. The van der Waals surface area contributed by atoms with Gasteiger partial charge in [0.1, 0.15) is 0 Å². The van der Waals surface area contributed by atoms with Crippen LogP contribution in [0.2, 0.25) is 0 Å². The molecule has 0 unspecified atom stereocenters. The molecule has 26 heavy (non-hydrogen) atoms. The second-order valence-corrected chi connectivity index (χ2v) is 6.90. The molecule has 0 saturated heterocycles. The fraction of sp³-hybridized carbons (Fsp3) is 0.435. The number of carbonyl (C=O) groups is 1. The molecule has 0 saturated carbocycles. The molecule has 3 heteroatoms. The minimum Gasteiger partial charge on any atom is -0.366 e. The summed E-state index contributed by atoms with van der Waals surface area (Å²) in [4.78, 5) is 15.4. The van der Waals surface area contributed by atoms with Gasteiger partial charge in [-0.05, 0) is 60.9 Å². The summed E-state index contributed by atoms with van der Waals surface area (Å²) in [6, 6.07) is 4.13. The summed E-state index contributed by atoms with van der Waals surface area (Å²) in [5.41, 5.74) is 10.6. The molecule has 1 amide bonds. The lowest BCUT2D eigenvalue weighted by atomic mass is 9.88. The predicted octanol–water partition coefficient (Wildman–Crippen LogP) is 6.32. The molecule has 1 heterocycles. The Labute approximate surface area is 157 Å². The molecule has 0 radical (unpaired) electrons. The summed E-state index contributed by atoms with van der Waals surface area (Å²) in [6.07, 6.45) is 14.0. The average Bonchev–Trinajstić information content (AvgIpc) is 3.04. The fourth-order valence-electron chi connectivity index (χ4n) is 3.79. The second-order valence-electron chi connectivity index (χ2n) is 6.90. The number of allylic oxidation sites excluding steroid dienone is 4. The Hall–Kier alpha value is -2.29. The Balaban J connectivity index is 2.71. The van der Waals surface area contributed by atoms with E-state index in [1.165, 1.54) is 5.56 Å². The van der Waals surface area contributed by atoms with Crippen LogP contribution in [0.4, 0.5) is 0 Å². The van der Waals surface area contributed by atoms with Crippen LogP contribution in [0, 0.1) is 0 Å². The first-order valence-electron chi connectivity index (χ1n) is 9.85. The number of primary amides is 1. The van der Waals surface area contributed by atoms with Crippen LogP contribution in [-0.2, 0) is 0 Å². The third kappa shape index (κ3) is 4.27. The number of nitrogens with one attached hydrogen (secondary N) is 1. The molecule has 3 N–H and O–H groups in total. The van der Waals surface area contributed by atoms with Crippen molar-refractivity contribution in [2.45, 2.75) is 65.7 Å². The van der Waals surface area contributed by atoms with Crippen molar-refractivity contribution >= 4 is 22.4 Å². The molecule has 0 aliphatic carbocycles. The maximum Gasteiger partial charge on any atom is 0.250 e. The van der Waals surface area contributed by atoms with Gasteiger partial charge in [-0.3, -0.25) is 4.79 Å². The summed E-state index contributed by atoms with van der Waals surface area (Å²) >= 11 is 0. The van der Waals surface area contributed by atoms with Crippen molar-refractivity contribution in [1.82, 2.24) is 4.98 Å². The van der Waals surface area contributed by atoms with E-state index in [9.17, 15) is 4.79 Å². The van der Waals surface area contributed by atoms with Gasteiger partial charge in [0, 0.05) is 11.6 Å². The van der Waals surface area contributed by atoms with Crippen LogP contribution >= 0.6 is 0 Å². The van der Waals surface area contributed by atoms with Gasteiger partial charge in [0.15, 0.2) is 0 Å². The molecule has 2 rings (SSSR count). The highest BCUT2D eigenvalue weighted by Crippen LogP contribution is 2.35. The maximum atomic E-state index is 12.1. The minimum absolute atomic E-state index is 0.385. The van der Waals surface area contributed by atoms with Gasteiger partial charge in [-0.25, -0.2) is 0 Å². The Bertz CT molecular complexity index is 805. The van der Waals surface area contributed by atoms with Crippen LogP contribution in [0.5, 0.6) is 0 Å². The molecule has 2 aromatic rings. The number of nitrogens with two attached hydrogens (primary N) is 1. The van der Waals surface area contributed by atoms with Crippen molar-refractivity contribution in [2.75, 3.05) is 0 Å². The Kier molecular flexibility index (Phi) is 7.26. The third-order valence-corrected chi connectivity index (χ3v) is 4.90. The van der Waals surface area contributed by atoms with E-state index >= 15 is 0 Å². The van der Waals surface area contributed by atoms with Gasteiger partial charge < -0.3 is 10.7 Å². The second kappa shape index (κ2) is 9.42. The number of hydrogen-bond acceptors (Lipinski definition) is 1. The molecule has 0 aliphatic rings. The number of aromatic nitrogens is 1. The molecule has 0 bridgehead atoms. The molecule has 1 aromatic carbocycles. The monoisotopic (exact) mass is 352 g/mol. The number of carbonyl (C=O) groups excluding carboxylic acids is 1. The van der Waals surface area contributed by atoms with E-state index in [0.717, 1.165) is 54.1 Å². The van der Waals surface area contributed by atoms with Crippen LogP contribution in [0.3, 0.4) is 0 Å². The van der Waals surface area contributed by atoms with E-state index in [0.29, 0.717) is 11.5 Å². The summed E-state index contributed by atoms with van der Waals surface area (Å²) < 4.78 is 0. The van der Waals surface area contributed by atoms with Crippen molar-refractivity contribution < 1.29 is 4.79 Å². The van der Waals surface area contributed by atoms with Crippen molar-refractivity contribution in [3.8, 4) is 0 Å². The first-order chi connectivity index (χ1) is 12.6. The standard InChI is InChI=1S/C23H32N2O/c1-5-9-16(10-6-2)18-13-19-21(17(11-7-3)12-8-4)15-25-22(19)20(14-18)23(24)26/h5,9-10,13-15,17,25H,6-8,11-12H2,1-4H3,(H2,24,26)/b9-5-,16-10+. The smallest absolute Gasteiger partial charge is 0.250 e. The maximum absolute atomic E-state index is 12.1. The minimum atomic E-state index is -0.385. The van der Waals surface area contributed by atoms with E-state index in [4.69, 9.17) is 5.73 Å². The lowest BCUT2D eigenvalue weighted by Gasteiger charge is -2.15. The number of H-pyrrole nitrogens is 1. The van der Waals surface area contributed by atoms with Gasteiger partial charge >= 0.3 is 0 Å². The summed E-state index contributed by atoms with van der Waals surface area (Å²) in [5, 5.41) is 1.13. The molecule has 0 atom stereocenters. The molecular weight excluding hydrogens is 320 g/mol. The van der Waals surface area contributed by atoms with Gasteiger partial charge in [-0.1, -0.05) is 51.8 Å². The van der Waals surface area contributed by atoms with E-state index < -0.39 is 0 Å².